The molecule has 2 aromatic rings. The standard InChI is InChI=1S/C16H22N4O/c1-3-20(13-6-7-13)15(21)11-19-10-12(9-17-2)14-5-4-8-18-16(14)19/h4-5,8,10,13,17H,3,6-7,9,11H2,1-2H3. The lowest BCUT2D eigenvalue weighted by atomic mass is 10.2. The van der Waals surface area contributed by atoms with E-state index in [4.69, 9.17) is 0 Å². The first-order valence-electron chi connectivity index (χ1n) is 7.61. The maximum absolute atomic E-state index is 12.5. The van der Waals surface area contributed by atoms with E-state index in [9.17, 15) is 4.79 Å². The average molecular weight is 286 g/mol. The number of carbonyl (C=O) groups is 1. The van der Waals surface area contributed by atoms with Crippen molar-refractivity contribution in [1.29, 1.82) is 0 Å². The van der Waals surface area contributed by atoms with Gasteiger partial charge in [0.25, 0.3) is 0 Å². The summed E-state index contributed by atoms with van der Waals surface area (Å²) in [5.41, 5.74) is 2.07. The maximum Gasteiger partial charge on any atom is 0.242 e. The van der Waals surface area contributed by atoms with Gasteiger partial charge in [-0.3, -0.25) is 4.79 Å². The molecule has 0 unspecified atom stereocenters. The van der Waals surface area contributed by atoms with Crippen LogP contribution in [0.4, 0.5) is 0 Å². The minimum atomic E-state index is 0.193. The molecule has 0 spiro atoms. The molecule has 21 heavy (non-hydrogen) atoms. The van der Waals surface area contributed by atoms with Crippen LogP contribution in [-0.4, -0.2) is 40.0 Å². The van der Waals surface area contributed by atoms with Gasteiger partial charge in [0.05, 0.1) is 0 Å². The Hall–Kier alpha value is -1.88. The van der Waals surface area contributed by atoms with Crippen molar-refractivity contribution >= 4 is 16.9 Å². The molecule has 1 aliphatic carbocycles. The number of hydrogen-bond acceptors (Lipinski definition) is 3. The first kappa shape index (κ1) is 14.1. The zero-order valence-corrected chi connectivity index (χ0v) is 12.7. The molecule has 0 saturated heterocycles. The molecule has 1 saturated carbocycles. The van der Waals surface area contributed by atoms with E-state index in [-0.39, 0.29) is 5.91 Å². The largest absolute Gasteiger partial charge is 0.338 e. The molecule has 5 heteroatoms. The Labute approximate surface area is 125 Å². The summed E-state index contributed by atoms with van der Waals surface area (Å²) < 4.78 is 1.98. The second-order valence-corrected chi connectivity index (χ2v) is 5.60. The van der Waals surface area contributed by atoms with Gasteiger partial charge in [-0.25, -0.2) is 4.98 Å². The Balaban J connectivity index is 1.87. The fourth-order valence-electron chi connectivity index (χ4n) is 2.91. The van der Waals surface area contributed by atoms with Crippen molar-refractivity contribution in [3.8, 4) is 0 Å². The molecule has 3 rings (SSSR count). The summed E-state index contributed by atoms with van der Waals surface area (Å²) in [6, 6.07) is 4.47. The number of amides is 1. The van der Waals surface area contributed by atoms with Crippen LogP contribution in [0, 0.1) is 0 Å². The van der Waals surface area contributed by atoms with Gasteiger partial charge >= 0.3 is 0 Å². The summed E-state index contributed by atoms with van der Waals surface area (Å²) in [6.45, 7) is 4.00. The van der Waals surface area contributed by atoms with Gasteiger partial charge in [0, 0.05) is 36.9 Å². The second kappa shape index (κ2) is 5.85. The predicted octanol–water partition coefficient (Wildman–Crippen LogP) is 1.77. The molecule has 2 heterocycles. The van der Waals surface area contributed by atoms with Crippen LogP contribution in [0.15, 0.2) is 24.5 Å². The lowest BCUT2D eigenvalue weighted by Gasteiger charge is -2.20. The molecule has 1 N–H and O–H groups in total. The van der Waals surface area contributed by atoms with E-state index in [0.717, 1.165) is 37.0 Å². The van der Waals surface area contributed by atoms with Crippen molar-refractivity contribution in [1.82, 2.24) is 19.8 Å². The van der Waals surface area contributed by atoms with E-state index in [1.807, 2.05) is 28.8 Å². The van der Waals surface area contributed by atoms with Crippen molar-refractivity contribution in [2.75, 3.05) is 13.6 Å². The number of aromatic nitrogens is 2. The van der Waals surface area contributed by atoms with E-state index in [1.165, 1.54) is 5.56 Å². The first-order valence-corrected chi connectivity index (χ1v) is 7.61. The van der Waals surface area contributed by atoms with Crippen LogP contribution >= 0.6 is 0 Å². The number of fused-ring (bicyclic) bond motifs is 1. The summed E-state index contributed by atoms with van der Waals surface area (Å²) in [5.74, 6) is 0.193. The Morgan fingerprint density at radius 3 is 3.00 bits per heavy atom. The highest BCUT2D eigenvalue weighted by atomic mass is 16.2. The zero-order chi connectivity index (χ0) is 14.8. The lowest BCUT2D eigenvalue weighted by Crippen LogP contribution is -2.35. The Kier molecular flexibility index (Phi) is 3.92. The molecular formula is C16H22N4O. The first-order chi connectivity index (χ1) is 10.2. The van der Waals surface area contributed by atoms with E-state index in [1.54, 1.807) is 6.20 Å². The van der Waals surface area contributed by atoms with Gasteiger partial charge in [-0.15, -0.1) is 0 Å². The lowest BCUT2D eigenvalue weighted by molar-refractivity contribution is -0.132. The third kappa shape index (κ3) is 2.78. The van der Waals surface area contributed by atoms with E-state index in [2.05, 4.69) is 23.3 Å². The zero-order valence-electron chi connectivity index (χ0n) is 12.7. The van der Waals surface area contributed by atoms with Crippen molar-refractivity contribution in [3.63, 3.8) is 0 Å². The van der Waals surface area contributed by atoms with Crippen LogP contribution in [-0.2, 0) is 17.9 Å². The van der Waals surface area contributed by atoms with Gasteiger partial charge in [-0.2, -0.15) is 0 Å². The quantitative estimate of drug-likeness (QED) is 0.880. The summed E-state index contributed by atoms with van der Waals surface area (Å²) >= 11 is 0. The van der Waals surface area contributed by atoms with Gasteiger partial charge in [-0.1, -0.05) is 0 Å². The Bertz CT molecular complexity index is 645. The topological polar surface area (TPSA) is 50.2 Å². The van der Waals surface area contributed by atoms with Crippen LogP contribution in [0.25, 0.3) is 11.0 Å². The molecule has 0 atom stereocenters. The Morgan fingerprint density at radius 2 is 2.33 bits per heavy atom. The van der Waals surface area contributed by atoms with Crippen LogP contribution < -0.4 is 5.32 Å². The SMILES string of the molecule is CCN(C(=O)Cn1cc(CNC)c2cccnc21)C1CC1. The number of pyridine rings is 1. The molecule has 2 aromatic heterocycles. The van der Waals surface area contributed by atoms with Crippen LogP contribution in [0.1, 0.15) is 25.3 Å². The highest BCUT2D eigenvalue weighted by Crippen LogP contribution is 2.27. The predicted molar refractivity (Wildman–Crippen MR) is 82.9 cm³/mol. The molecule has 0 aliphatic heterocycles. The molecule has 0 aromatic carbocycles. The minimum absolute atomic E-state index is 0.193. The summed E-state index contributed by atoms with van der Waals surface area (Å²) in [5, 5.41) is 4.29. The average Bonchev–Trinajstić information content (AvgIpc) is 3.26. The van der Waals surface area contributed by atoms with Crippen molar-refractivity contribution in [2.24, 2.45) is 0 Å². The van der Waals surface area contributed by atoms with Crippen molar-refractivity contribution in [3.05, 3.63) is 30.1 Å². The van der Waals surface area contributed by atoms with Crippen molar-refractivity contribution in [2.45, 2.75) is 38.9 Å². The monoisotopic (exact) mass is 286 g/mol. The molecule has 1 fully saturated rings. The maximum atomic E-state index is 12.5. The van der Waals surface area contributed by atoms with Gasteiger partial charge in [-0.05, 0) is 44.5 Å². The van der Waals surface area contributed by atoms with E-state index < -0.39 is 0 Å². The van der Waals surface area contributed by atoms with Crippen molar-refractivity contribution < 1.29 is 4.79 Å². The van der Waals surface area contributed by atoms with Gasteiger partial charge in [0.1, 0.15) is 12.2 Å². The van der Waals surface area contributed by atoms with Gasteiger partial charge in [0.15, 0.2) is 0 Å². The third-order valence-corrected chi connectivity index (χ3v) is 4.04. The van der Waals surface area contributed by atoms with Crippen LogP contribution in [0.2, 0.25) is 0 Å². The second-order valence-electron chi connectivity index (χ2n) is 5.60. The van der Waals surface area contributed by atoms with E-state index in [0.29, 0.717) is 12.6 Å². The number of carbonyl (C=O) groups excluding carboxylic acids is 1. The fraction of sp³-hybridized carbons (Fsp3) is 0.500. The number of nitrogens with one attached hydrogen (secondary N) is 1. The molecular weight excluding hydrogens is 264 g/mol. The third-order valence-electron chi connectivity index (χ3n) is 4.04. The van der Waals surface area contributed by atoms with E-state index >= 15 is 0 Å². The highest BCUT2D eigenvalue weighted by molar-refractivity contribution is 5.83. The summed E-state index contributed by atoms with van der Waals surface area (Å²) in [4.78, 5) is 18.9. The Morgan fingerprint density at radius 1 is 1.52 bits per heavy atom. The highest BCUT2D eigenvalue weighted by Gasteiger charge is 2.31. The normalized spacial score (nSPS) is 14.6. The van der Waals surface area contributed by atoms with Crippen LogP contribution in [0.3, 0.4) is 0 Å². The number of likely N-dealkylation sites (N-methyl/N-ethyl adjacent to an activating group) is 1. The number of rotatable bonds is 6. The molecule has 112 valence electrons. The summed E-state index contributed by atoms with van der Waals surface area (Å²) in [7, 11) is 1.93. The molecule has 1 amide bonds. The molecule has 0 bridgehead atoms. The fourth-order valence-corrected chi connectivity index (χ4v) is 2.91. The van der Waals surface area contributed by atoms with Gasteiger partial charge in [0.2, 0.25) is 5.91 Å². The number of nitrogens with zero attached hydrogens (tertiary/aromatic N) is 3. The molecule has 5 nitrogen and oxygen atoms in total. The number of hydrogen-bond donors (Lipinski definition) is 1. The van der Waals surface area contributed by atoms with Gasteiger partial charge < -0.3 is 14.8 Å². The molecule has 0 radical (unpaired) electrons. The summed E-state index contributed by atoms with van der Waals surface area (Å²) in [6.07, 6.45) is 6.13. The smallest absolute Gasteiger partial charge is 0.242 e. The molecule has 1 aliphatic rings. The van der Waals surface area contributed by atoms with Crippen LogP contribution in [0.5, 0.6) is 0 Å². The minimum Gasteiger partial charge on any atom is -0.338 e.